The molecular formula is C22H27N5O2. The van der Waals surface area contributed by atoms with Crippen LogP contribution in [-0.2, 0) is 13.1 Å². The third-order valence-corrected chi connectivity index (χ3v) is 4.36. The number of guanidine groups is 1. The highest BCUT2D eigenvalue weighted by atomic mass is 16.5. The topological polar surface area (TPSA) is 72.7 Å². The van der Waals surface area contributed by atoms with Gasteiger partial charge in [0.2, 0.25) is 0 Å². The molecule has 0 aliphatic heterocycles. The second-order valence-corrected chi connectivity index (χ2v) is 6.31. The van der Waals surface area contributed by atoms with Gasteiger partial charge in [0.15, 0.2) is 17.5 Å². The number of methoxy groups -OCH3 is 1. The van der Waals surface area contributed by atoms with Crippen LogP contribution in [0.3, 0.4) is 0 Å². The van der Waals surface area contributed by atoms with Crippen molar-refractivity contribution in [1.82, 2.24) is 14.9 Å². The normalized spacial score (nSPS) is 11.2. The Hall–Kier alpha value is -3.48. The van der Waals surface area contributed by atoms with E-state index in [1.807, 2.05) is 55.7 Å². The van der Waals surface area contributed by atoms with Crippen molar-refractivity contribution in [3.8, 4) is 11.5 Å². The summed E-state index contributed by atoms with van der Waals surface area (Å²) in [6.07, 6.45) is 3.80. The van der Waals surface area contributed by atoms with E-state index >= 15 is 0 Å². The van der Waals surface area contributed by atoms with Gasteiger partial charge in [0.1, 0.15) is 5.82 Å². The summed E-state index contributed by atoms with van der Waals surface area (Å²) in [4.78, 5) is 8.76. The van der Waals surface area contributed by atoms with Crippen LogP contribution in [0.15, 0.2) is 65.9 Å². The predicted molar refractivity (Wildman–Crippen MR) is 116 cm³/mol. The standard InChI is InChI=1S/C22H27N5O2/c1-4-29-19-11-10-18(14-20(19)28-3)26-22(23-2)25-15-21-24-12-13-27(21)16-17-8-6-5-7-9-17/h5-14H,4,15-16H2,1-3H3,(H2,23,25,26). The van der Waals surface area contributed by atoms with Crippen LogP contribution in [-0.4, -0.2) is 36.3 Å². The molecule has 1 aromatic heterocycles. The number of nitrogens with zero attached hydrogens (tertiary/aromatic N) is 3. The lowest BCUT2D eigenvalue weighted by atomic mass is 10.2. The molecule has 0 spiro atoms. The van der Waals surface area contributed by atoms with Crippen LogP contribution >= 0.6 is 0 Å². The van der Waals surface area contributed by atoms with Crippen LogP contribution in [0.2, 0.25) is 0 Å². The minimum atomic E-state index is 0.549. The van der Waals surface area contributed by atoms with Crippen molar-refractivity contribution in [2.45, 2.75) is 20.0 Å². The first-order chi connectivity index (χ1) is 14.2. The van der Waals surface area contributed by atoms with Crippen molar-refractivity contribution >= 4 is 11.6 Å². The van der Waals surface area contributed by atoms with Gasteiger partial charge in [-0.25, -0.2) is 4.98 Å². The number of aliphatic imine (C=N–C) groups is 1. The molecule has 1 heterocycles. The summed E-state index contributed by atoms with van der Waals surface area (Å²) in [6, 6.07) is 16.0. The van der Waals surface area contributed by atoms with E-state index in [0.29, 0.717) is 30.6 Å². The van der Waals surface area contributed by atoms with Gasteiger partial charge < -0.3 is 24.7 Å². The predicted octanol–water partition coefficient (Wildman–Crippen LogP) is 3.53. The number of anilines is 1. The zero-order chi connectivity index (χ0) is 20.5. The number of rotatable bonds is 8. The summed E-state index contributed by atoms with van der Waals surface area (Å²) in [6.45, 7) is 3.86. The number of hydrogen-bond donors (Lipinski definition) is 2. The lowest BCUT2D eigenvalue weighted by molar-refractivity contribution is 0.311. The molecule has 0 radical (unpaired) electrons. The third kappa shape index (κ3) is 5.51. The Labute approximate surface area is 171 Å². The first-order valence-electron chi connectivity index (χ1n) is 9.56. The van der Waals surface area contributed by atoms with Crippen LogP contribution in [0.4, 0.5) is 5.69 Å². The maximum atomic E-state index is 5.56. The van der Waals surface area contributed by atoms with Crippen LogP contribution < -0.4 is 20.1 Å². The molecule has 0 bridgehead atoms. The molecule has 2 N–H and O–H groups in total. The fraction of sp³-hybridized carbons (Fsp3) is 0.273. The summed E-state index contributed by atoms with van der Waals surface area (Å²) in [5.41, 5.74) is 2.08. The van der Waals surface area contributed by atoms with E-state index in [4.69, 9.17) is 9.47 Å². The van der Waals surface area contributed by atoms with E-state index < -0.39 is 0 Å². The van der Waals surface area contributed by atoms with Gasteiger partial charge in [-0.2, -0.15) is 0 Å². The van der Waals surface area contributed by atoms with Crippen molar-refractivity contribution in [2.24, 2.45) is 4.99 Å². The van der Waals surface area contributed by atoms with Crippen LogP contribution in [0.25, 0.3) is 0 Å². The van der Waals surface area contributed by atoms with Crippen LogP contribution in [0, 0.1) is 0 Å². The van der Waals surface area contributed by atoms with Crippen molar-refractivity contribution in [2.75, 3.05) is 26.1 Å². The second-order valence-electron chi connectivity index (χ2n) is 6.31. The molecule has 0 atom stereocenters. The highest BCUT2D eigenvalue weighted by molar-refractivity contribution is 5.93. The fourth-order valence-electron chi connectivity index (χ4n) is 2.93. The minimum Gasteiger partial charge on any atom is -0.493 e. The average Bonchev–Trinajstić information content (AvgIpc) is 3.19. The fourth-order valence-corrected chi connectivity index (χ4v) is 2.93. The summed E-state index contributed by atoms with van der Waals surface area (Å²) in [5, 5.41) is 6.58. The number of benzene rings is 2. The van der Waals surface area contributed by atoms with Gasteiger partial charge in [0.05, 0.1) is 20.3 Å². The van der Waals surface area contributed by atoms with Crippen molar-refractivity contribution in [3.05, 3.63) is 72.3 Å². The van der Waals surface area contributed by atoms with Crippen LogP contribution in [0.5, 0.6) is 11.5 Å². The number of hydrogen-bond acceptors (Lipinski definition) is 4. The molecule has 0 fully saturated rings. The molecular weight excluding hydrogens is 366 g/mol. The third-order valence-electron chi connectivity index (χ3n) is 4.36. The molecule has 0 aliphatic carbocycles. The van der Waals surface area contributed by atoms with Gasteiger partial charge in [-0.05, 0) is 24.6 Å². The quantitative estimate of drug-likeness (QED) is 0.452. The smallest absolute Gasteiger partial charge is 0.195 e. The summed E-state index contributed by atoms with van der Waals surface area (Å²) in [7, 11) is 3.36. The monoisotopic (exact) mass is 393 g/mol. The van der Waals surface area contributed by atoms with Gasteiger partial charge in [-0.15, -0.1) is 0 Å². The molecule has 0 amide bonds. The van der Waals surface area contributed by atoms with Gasteiger partial charge in [-0.1, -0.05) is 30.3 Å². The average molecular weight is 393 g/mol. The number of nitrogens with one attached hydrogen (secondary N) is 2. The molecule has 29 heavy (non-hydrogen) atoms. The SMILES string of the molecule is CCOc1ccc(NC(=NC)NCc2nccn2Cc2ccccc2)cc1OC. The number of imidazole rings is 1. The Bertz CT molecular complexity index is 937. The Balaban J connectivity index is 1.63. The van der Waals surface area contributed by atoms with Gasteiger partial charge in [0.25, 0.3) is 0 Å². The molecule has 0 unspecified atom stereocenters. The van der Waals surface area contributed by atoms with Gasteiger partial charge in [-0.3, -0.25) is 4.99 Å². The second kappa shape index (κ2) is 10.2. The Morgan fingerprint density at radius 2 is 1.97 bits per heavy atom. The Kier molecular flexibility index (Phi) is 7.10. The van der Waals surface area contributed by atoms with Crippen molar-refractivity contribution in [1.29, 1.82) is 0 Å². The Morgan fingerprint density at radius 1 is 1.14 bits per heavy atom. The van der Waals surface area contributed by atoms with E-state index in [2.05, 4.69) is 37.3 Å². The van der Waals surface area contributed by atoms with E-state index in [1.165, 1.54) is 5.56 Å². The molecule has 0 aliphatic rings. The van der Waals surface area contributed by atoms with Crippen molar-refractivity contribution < 1.29 is 9.47 Å². The highest BCUT2D eigenvalue weighted by Crippen LogP contribution is 2.30. The first-order valence-corrected chi connectivity index (χ1v) is 9.56. The first kappa shape index (κ1) is 20.3. The lowest BCUT2D eigenvalue weighted by Crippen LogP contribution is -2.31. The summed E-state index contributed by atoms with van der Waals surface area (Å²) >= 11 is 0. The van der Waals surface area contributed by atoms with Crippen molar-refractivity contribution in [3.63, 3.8) is 0 Å². The molecule has 3 aromatic rings. The largest absolute Gasteiger partial charge is 0.493 e. The van der Waals surface area contributed by atoms with E-state index in [-0.39, 0.29) is 0 Å². The maximum Gasteiger partial charge on any atom is 0.195 e. The zero-order valence-corrected chi connectivity index (χ0v) is 17.1. The molecule has 0 saturated carbocycles. The zero-order valence-electron chi connectivity index (χ0n) is 17.1. The maximum absolute atomic E-state index is 5.56. The Morgan fingerprint density at radius 3 is 2.69 bits per heavy atom. The molecule has 3 rings (SSSR count). The minimum absolute atomic E-state index is 0.549. The number of ether oxygens (including phenoxy) is 2. The van der Waals surface area contributed by atoms with Crippen LogP contribution in [0.1, 0.15) is 18.3 Å². The summed E-state index contributed by atoms with van der Waals surface area (Å²) in [5.74, 6) is 2.96. The van der Waals surface area contributed by atoms with E-state index in [1.54, 1.807) is 14.2 Å². The van der Waals surface area contributed by atoms with E-state index in [0.717, 1.165) is 18.1 Å². The summed E-state index contributed by atoms with van der Waals surface area (Å²) < 4.78 is 13.1. The van der Waals surface area contributed by atoms with Gasteiger partial charge in [0, 0.05) is 37.7 Å². The molecule has 7 heteroatoms. The lowest BCUT2D eigenvalue weighted by Gasteiger charge is -2.15. The highest BCUT2D eigenvalue weighted by Gasteiger charge is 2.08. The number of aromatic nitrogens is 2. The molecule has 2 aromatic carbocycles. The molecule has 0 saturated heterocycles. The molecule has 152 valence electrons. The molecule has 7 nitrogen and oxygen atoms in total. The van der Waals surface area contributed by atoms with E-state index in [9.17, 15) is 0 Å². The van der Waals surface area contributed by atoms with Gasteiger partial charge >= 0.3 is 0 Å².